The van der Waals surface area contributed by atoms with Crippen LogP contribution in [-0.2, 0) is 12.8 Å². The molecule has 0 fully saturated rings. The Bertz CT molecular complexity index is 864. The summed E-state index contributed by atoms with van der Waals surface area (Å²) in [5, 5.41) is 0.101. The molecular formula is C20H17F3. The van der Waals surface area contributed by atoms with Crippen molar-refractivity contribution in [2.45, 2.75) is 26.7 Å². The van der Waals surface area contributed by atoms with Gasteiger partial charge in [-0.1, -0.05) is 50.2 Å². The maximum absolute atomic E-state index is 14.8. The van der Waals surface area contributed by atoms with E-state index >= 15 is 0 Å². The molecule has 0 nitrogen and oxygen atoms in total. The Morgan fingerprint density at radius 1 is 0.739 bits per heavy atom. The molecular weight excluding hydrogens is 297 g/mol. The second kappa shape index (κ2) is 6.07. The number of fused-ring (bicyclic) bond motifs is 1. The molecule has 0 radical (unpaired) electrons. The molecule has 0 aliphatic rings. The lowest BCUT2D eigenvalue weighted by atomic mass is 9.97. The molecule has 23 heavy (non-hydrogen) atoms. The maximum atomic E-state index is 14.8. The molecule has 0 saturated heterocycles. The molecule has 0 spiro atoms. The van der Waals surface area contributed by atoms with Crippen molar-refractivity contribution in [2.75, 3.05) is 0 Å². The summed E-state index contributed by atoms with van der Waals surface area (Å²) in [5.74, 6) is -2.79. The molecule has 3 heteroatoms. The van der Waals surface area contributed by atoms with E-state index in [0.29, 0.717) is 17.4 Å². The van der Waals surface area contributed by atoms with Gasteiger partial charge in [-0.25, -0.2) is 13.2 Å². The van der Waals surface area contributed by atoms with Gasteiger partial charge in [0, 0.05) is 5.56 Å². The van der Waals surface area contributed by atoms with Crippen molar-refractivity contribution < 1.29 is 13.2 Å². The molecule has 0 aliphatic heterocycles. The van der Waals surface area contributed by atoms with Crippen LogP contribution in [0.1, 0.15) is 25.0 Å². The van der Waals surface area contributed by atoms with Crippen LogP contribution in [0.2, 0.25) is 0 Å². The Morgan fingerprint density at radius 3 is 2.04 bits per heavy atom. The zero-order valence-electron chi connectivity index (χ0n) is 13.1. The second-order valence-corrected chi connectivity index (χ2v) is 5.59. The van der Waals surface area contributed by atoms with Gasteiger partial charge in [-0.15, -0.1) is 0 Å². The molecule has 0 amide bonds. The first kappa shape index (κ1) is 15.6. The molecule has 3 aromatic rings. The van der Waals surface area contributed by atoms with Crippen LogP contribution in [-0.4, -0.2) is 0 Å². The van der Waals surface area contributed by atoms with Crippen molar-refractivity contribution >= 4 is 10.8 Å². The molecule has 3 rings (SSSR count). The van der Waals surface area contributed by atoms with Crippen molar-refractivity contribution in [1.82, 2.24) is 0 Å². The smallest absolute Gasteiger partial charge is 0.169 e. The number of rotatable bonds is 3. The number of hydrogen-bond acceptors (Lipinski definition) is 0. The van der Waals surface area contributed by atoms with Crippen LogP contribution in [0.15, 0.2) is 42.5 Å². The van der Waals surface area contributed by atoms with Gasteiger partial charge in [0.15, 0.2) is 11.6 Å². The maximum Gasteiger partial charge on any atom is 0.169 e. The third kappa shape index (κ3) is 2.61. The minimum Gasteiger partial charge on any atom is -0.206 e. The van der Waals surface area contributed by atoms with Gasteiger partial charge in [-0.05, 0) is 41.0 Å². The summed E-state index contributed by atoms with van der Waals surface area (Å²) < 4.78 is 43.1. The summed E-state index contributed by atoms with van der Waals surface area (Å²) >= 11 is 0. The van der Waals surface area contributed by atoms with Gasteiger partial charge in [-0.3, -0.25) is 0 Å². The van der Waals surface area contributed by atoms with E-state index in [9.17, 15) is 13.2 Å². The first-order chi connectivity index (χ1) is 11.1. The Morgan fingerprint density at radius 2 is 1.43 bits per heavy atom. The summed E-state index contributed by atoms with van der Waals surface area (Å²) in [6.07, 6.45) is 1.25. The normalized spacial score (nSPS) is 11.2. The molecule has 0 atom stereocenters. The van der Waals surface area contributed by atoms with E-state index in [2.05, 4.69) is 0 Å². The Balaban J connectivity index is 2.23. The number of halogens is 3. The zero-order chi connectivity index (χ0) is 16.6. The average Bonchev–Trinajstić information content (AvgIpc) is 2.58. The number of aryl methyl sites for hydroxylation is 2. The average molecular weight is 314 g/mol. The predicted molar refractivity (Wildman–Crippen MR) is 88.0 cm³/mol. The largest absolute Gasteiger partial charge is 0.206 e. The first-order valence-corrected chi connectivity index (χ1v) is 7.75. The zero-order valence-corrected chi connectivity index (χ0v) is 13.1. The van der Waals surface area contributed by atoms with Gasteiger partial charge in [0.1, 0.15) is 5.82 Å². The Labute approximate surface area is 133 Å². The third-order valence-electron chi connectivity index (χ3n) is 4.25. The molecule has 0 unspecified atom stereocenters. The molecule has 0 saturated carbocycles. The third-order valence-corrected chi connectivity index (χ3v) is 4.25. The Kier molecular flexibility index (Phi) is 4.12. The fraction of sp³-hybridized carbons (Fsp3) is 0.200. The van der Waals surface area contributed by atoms with Gasteiger partial charge in [-0.2, -0.15) is 0 Å². The lowest BCUT2D eigenvalue weighted by molar-refractivity contribution is 0.503. The van der Waals surface area contributed by atoms with Crippen molar-refractivity contribution in [1.29, 1.82) is 0 Å². The molecule has 3 aromatic carbocycles. The van der Waals surface area contributed by atoms with Crippen molar-refractivity contribution in [3.63, 3.8) is 0 Å². The Hall–Kier alpha value is -2.29. The summed E-state index contributed by atoms with van der Waals surface area (Å²) in [6, 6.07) is 12.2. The van der Waals surface area contributed by atoms with Gasteiger partial charge >= 0.3 is 0 Å². The van der Waals surface area contributed by atoms with Gasteiger partial charge in [0.2, 0.25) is 0 Å². The molecule has 118 valence electrons. The number of hydrogen-bond donors (Lipinski definition) is 0. The highest BCUT2D eigenvalue weighted by atomic mass is 19.2. The highest BCUT2D eigenvalue weighted by Crippen LogP contribution is 2.33. The van der Waals surface area contributed by atoms with E-state index in [1.54, 1.807) is 31.2 Å². The second-order valence-electron chi connectivity index (χ2n) is 5.59. The van der Waals surface area contributed by atoms with E-state index in [1.165, 1.54) is 6.07 Å². The van der Waals surface area contributed by atoms with Gasteiger partial charge in [0.05, 0.1) is 5.39 Å². The highest BCUT2D eigenvalue weighted by molar-refractivity contribution is 5.89. The van der Waals surface area contributed by atoms with Crippen LogP contribution < -0.4 is 0 Å². The molecule has 0 heterocycles. The topological polar surface area (TPSA) is 0 Å². The van der Waals surface area contributed by atoms with Gasteiger partial charge in [0.25, 0.3) is 0 Å². The van der Waals surface area contributed by atoms with Crippen LogP contribution in [0, 0.1) is 17.5 Å². The quantitative estimate of drug-likeness (QED) is 0.552. The van der Waals surface area contributed by atoms with Crippen molar-refractivity contribution in [3.05, 3.63) is 71.0 Å². The number of benzene rings is 3. The van der Waals surface area contributed by atoms with Crippen LogP contribution in [0.3, 0.4) is 0 Å². The van der Waals surface area contributed by atoms with Crippen molar-refractivity contribution in [2.24, 2.45) is 0 Å². The lowest BCUT2D eigenvalue weighted by Gasteiger charge is -2.11. The van der Waals surface area contributed by atoms with E-state index in [0.717, 1.165) is 12.0 Å². The standard InChI is InChI=1S/C20H17F3/c1-3-12-5-7-14(8-6-12)16-10-9-15-11-13(4-2)18(21)20(23)17(15)19(16)22/h5-11H,3-4H2,1-2H3. The minimum atomic E-state index is -1.11. The molecule has 0 aliphatic carbocycles. The van der Waals surface area contributed by atoms with E-state index in [-0.39, 0.29) is 16.5 Å². The van der Waals surface area contributed by atoms with E-state index < -0.39 is 17.5 Å². The van der Waals surface area contributed by atoms with E-state index in [1.807, 2.05) is 19.1 Å². The van der Waals surface area contributed by atoms with Crippen molar-refractivity contribution in [3.8, 4) is 11.1 Å². The molecule has 0 aromatic heterocycles. The minimum absolute atomic E-state index is 0.259. The van der Waals surface area contributed by atoms with Crippen LogP contribution >= 0.6 is 0 Å². The SMILES string of the molecule is CCc1ccc(-c2ccc3cc(CC)c(F)c(F)c3c2F)cc1. The van der Waals surface area contributed by atoms with E-state index in [4.69, 9.17) is 0 Å². The molecule has 0 bridgehead atoms. The summed E-state index contributed by atoms with van der Waals surface area (Å²) in [7, 11) is 0. The summed E-state index contributed by atoms with van der Waals surface area (Å²) in [5.41, 5.74) is 2.33. The molecule has 0 N–H and O–H groups in total. The monoisotopic (exact) mass is 314 g/mol. The van der Waals surface area contributed by atoms with Crippen LogP contribution in [0.25, 0.3) is 21.9 Å². The lowest BCUT2D eigenvalue weighted by Crippen LogP contribution is -1.98. The highest BCUT2D eigenvalue weighted by Gasteiger charge is 2.18. The van der Waals surface area contributed by atoms with Crippen LogP contribution in [0.4, 0.5) is 13.2 Å². The summed E-state index contributed by atoms with van der Waals surface area (Å²) in [6.45, 7) is 3.78. The fourth-order valence-electron chi connectivity index (χ4n) is 2.84. The van der Waals surface area contributed by atoms with Crippen LogP contribution in [0.5, 0.6) is 0 Å². The van der Waals surface area contributed by atoms with Gasteiger partial charge < -0.3 is 0 Å². The summed E-state index contributed by atoms with van der Waals surface area (Å²) in [4.78, 5) is 0. The predicted octanol–water partition coefficient (Wildman–Crippen LogP) is 6.05. The first-order valence-electron chi connectivity index (χ1n) is 7.75. The fourth-order valence-corrected chi connectivity index (χ4v) is 2.84.